The molecule has 1 aromatic carbocycles. The van der Waals surface area contributed by atoms with Gasteiger partial charge in [-0.05, 0) is 88.8 Å². The van der Waals surface area contributed by atoms with E-state index in [-0.39, 0.29) is 28.6 Å². The van der Waals surface area contributed by atoms with Crippen molar-refractivity contribution in [1.29, 1.82) is 0 Å². The average molecular weight is 518 g/mol. The fraction of sp³-hybridized carbons (Fsp3) is 0.654. The molecule has 3 unspecified atom stereocenters. The molecule has 1 aliphatic heterocycles. The summed E-state index contributed by atoms with van der Waals surface area (Å²) in [6.45, 7) is 5.67. The van der Waals surface area contributed by atoms with Gasteiger partial charge in [0.2, 0.25) is 0 Å². The minimum absolute atomic E-state index is 0.0349. The molecule has 0 N–H and O–H groups in total. The van der Waals surface area contributed by atoms with Crippen LogP contribution < -0.4 is 0 Å². The van der Waals surface area contributed by atoms with Gasteiger partial charge in [-0.15, -0.1) is 0 Å². The van der Waals surface area contributed by atoms with Crippen LogP contribution in [0, 0.1) is 10.8 Å². The van der Waals surface area contributed by atoms with Gasteiger partial charge in [0, 0.05) is 21.8 Å². The van der Waals surface area contributed by atoms with Crippen molar-refractivity contribution >= 4 is 33.8 Å². The largest absolute Gasteiger partial charge is 0.456 e. The van der Waals surface area contributed by atoms with E-state index in [0.717, 1.165) is 43.0 Å². The Bertz CT molecular complexity index is 997. The third-order valence-corrected chi connectivity index (χ3v) is 9.23. The van der Waals surface area contributed by atoms with Crippen molar-refractivity contribution in [3.8, 4) is 0 Å². The molecule has 1 spiro atoms. The Labute approximate surface area is 203 Å². The number of likely N-dealkylation sites (tertiary alicyclic amines) is 1. The number of rotatable bonds is 5. The zero-order valence-corrected chi connectivity index (χ0v) is 21.2. The van der Waals surface area contributed by atoms with E-state index in [1.807, 2.05) is 0 Å². The normalized spacial score (nSPS) is 34.2. The van der Waals surface area contributed by atoms with Gasteiger partial charge in [-0.1, -0.05) is 28.1 Å². The third kappa shape index (κ3) is 3.36. The fourth-order valence-electron chi connectivity index (χ4n) is 7.03. The molecule has 0 aromatic heterocycles. The molecule has 0 bridgehead atoms. The summed E-state index contributed by atoms with van der Waals surface area (Å²) in [6, 6.07) is 7.85. The second-order valence-corrected chi connectivity index (χ2v) is 12.2. The Morgan fingerprint density at radius 3 is 2.42 bits per heavy atom. The molecular formula is C26H32BrNO5. The van der Waals surface area contributed by atoms with E-state index >= 15 is 0 Å². The van der Waals surface area contributed by atoms with Crippen LogP contribution in [0.15, 0.2) is 28.7 Å². The molecule has 6 nitrogen and oxygen atoms in total. The van der Waals surface area contributed by atoms with Crippen LogP contribution in [0.25, 0.3) is 0 Å². The van der Waals surface area contributed by atoms with Gasteiger partial charge >= 0.3 is 12.1 Å². The highest BCUT2D eigenvalue weighted by molar-refractivity contribution is 9.10. The van der Waals surface area contributed by atoms with E-state index in [1.54, 1.807) is 20.8 Å². The maximum Gasteiger partial charge on any atom is 0.411 e. The molecule has 1 aromatic rings. The quantitative estimate of drug-likeness (QED) is 0.504. The van der Waals surface area contributed by atoms with Crippen LogP contribution in [-0.4, -0.2) is 47.5 Å². The predicted molar refractivity (Wildman–Crippen MR) is 126 cm³/mol. The highest BCUT2D eigenvalue weighted by Crippen LogP contribution is 2.88. The highest BCUT2D eigenvalue weighted by atomic mass is 79.9. The van der Waals surface area contributed by atoms with Crippen molar-refractivity contribution in [2.75, 3.05) is 13.2 Å². The van der Waals surface area contributed by atoms with Crippen molar-refractivity contribution in [3.63, 3.8) is 0 Å². The first-order valence-corrected chi connectivity index (χ1v) is 12.8. The third-order valence-electron chi connectivity index (χ3n) is 8.70. The van der Waals surface area contributed by atoms with Gasteiger partial charge < -0.3 is 9.47 Å². The van der Waals surface area contributed by atoms with E-state index in [9.17, 15) is 14.4 Å². The minimum atomic E-state index is -0.674. The minimum Gasteiger partial charge on any atom is -0.456 e. The molecule has 5 rings (SSSR count). The van der Waals surface area contributed by atoms with Gasteiger partial charge in [-0.3, -0.25) is 9.69 Å². The van der Waals surface area contributed by atoms with Gasteiger partial charge in [-0.25, -0.2) is 9.59 Å². The maximum atomic E-state index is 13.4. The summed E-state index contributed by atoms with van der Waals surface area (Å²) in [6.07, 6.45) is 5.64. The predicted octanol–water partition coefficient (Wildman–Crippen LogP) is 5.16. The van der Waals surface area contributed by atoms with Gasteiger partial charge in [0.1, 0.15) is 11.6 Å². The smallest absolute Gasteiger partial charge is 0.411 e. The lowest BCUT2D eigenvalue weighted by Gasteiger charge is -2.47. The van der Waals surface area contributed by atoms with E-state index in [1.165, 1.54) is 10.5 Å². The number of halogens is 1. The molecule has 4 atom stereocenters. The number of ether oxygens (including phenoxy) is 2. The van der Waals surface area contributed by atoms with Crippen LogP contribution >= 0.6 is 15.9 Å². The number of hydrogen-bond acceptors (Lipinski definition) is 5. The lowest BCUT2D eigenvalue weighted by molar-refractivity contribution is -0.159. The number of ketones is 1. The fourth-order valence-corrected chi connectivity index (χ4v) is 7.30. The number of benzene rings is 1. The number of amides is 1. The number of nitrogens with zero attached hydrogens (tertiary/aromatic N) is 1. The van der Waals surface area contributed by atoms with Crippen molar-refractivity contribution in [3.05, 3.63) is 34.3 Å². The summed E-state index contributed by atoms with van der Waals surface area (Å²) < 4.78 is 12.0. The molecule has 33 heavy (non-hydrogen) atoms. The number of Topliss-reactive ketones (excluding diaryl/α,β-unsaturated/α-hetero) is 1. The number of carbonyl (C=O) groups excluding carboxylic acids is 3. The zero-order chi connectivity index (χ0) is 23.6. The Morgan fingerprint density at radius 1 is 1.09 bits per heavy atom. The summed E-state index contributed by atoms with van der Waals surface area (Å²) in [5, 5.41) is 0. The van der Waals surface area contributed by atoms with E-state index in [0.29, 0.717) is 13.0 Å². The molecule has 4 aliphatic rings. The van der Waals surface area contributed by atoms with Crippen LogP contribution in [0.2, 0.25) is 0 Å². The lowest BCUT2D eigenvalue weighted by atomic mass is 9.54. The summed E-state index contributed by atoms with van der Waals surface area (Å²) in [4.78, 5) is 40.2. The molecule has 1 saturated heterocycles. The highest BCUT2D eigenvalue weighted by Gasteiger charge is 2.85. The second-order valence-electron chi connectivity index (χ2n) is 11.3. The van der Waals surface area contributed by atoms with E-state index in [4.69, 9.17) is 9.47 Å². The van der Waals surface area contributed by atoms with Crippen LogP contribution in [0.3, 0.4) is 0 Å². The Kier molecular flexibility index (Phi) is 5.24. The average Bonchev–Trinajstić information content (AvgIpc) is 3.13. The number of hydrogen-bond donors (Lipinski definition) is 0. The molecular weight excluding hydrogens is 486 g/mol. The van der Waals surface area contributed by atoms with E-state index in [2.05, 4.69) is 40.2 Å². The molecule has 7 heteroatoms. The SMILES string of the molecule is CC(C)(C)OC(=O)N1CCC[C@H]1C(=O)OCC(=O)C12CCC3(c4ccc(Br)cc4)CC13CC2. The molecule has 0 radical (unpaired) electrons. The molecule has 3 saturated carbocycles. The Morgan fingerprint density at radius 2 is 1.79 bits per heavy atom. The van der Waals surface area contributed by atoms with E-state index < -0.39 is 23.7 Å². The molecule has 3 aliphatic carbocycles. The van der Waals surface area contributed by atoms with Crippen LogP contribution in [0.4, 0.5) is 4.79 Å². The van der Waals surface area contributed by atoms with Crippen LogP contribution in [0.1, 0.15) is 71.3 Å². The van der Waals surface area contributed by atoms with Crippen molar-refractivity contribution in [1.82, 2.24) is 4.90 Å². The standard InChI is InChI=1S/C26H32BrNO5/c1-23(2,3)33-22(31)28-14-4-5-19(28)21(30)32-15-20(29)24-10-11-25(16-26(24,25)13-12-24)17-6-8-18(27)9-7-17/h6-9,19H,4-5,10-16H2,1-3H3/t19-,24?,25?,26?/m0/s1. The molecule has 1 heterocycles. The second kappa shape index (κ2) is 7.56. The monoisotopic (exact) mass is 517 g/mol. The first-order valence-electron chi connectivity index (χ1n) is 12.0. The summed E-state index contributed by atoms with van der Waals surface area (Å²) in [5.41, 5.74) is 0.477. The molecule has 4 fully saturated rings. The van der Waals surface area contributed by atoms with Gasteiger partial charge in [0.15, 0.2) is 12.4 Å². The Hall–Kier alpha value is -1.89. The summed E-state index contributed by atoms with van der Waals surface area (Å²) >= 11 is 3.51. The first-order chi connectivity index (χ1) is 15.5. The summed E-state index contributed by atoms with van der Waals surface area (Å²) in [7, 11) is 0. The zero-order valence-electron chi connectivity index (χ0n) is 19.6. The topological polar surface area (TPSA) is 72.9 Å². The Balaban J connectivity index is 1.23. The lowest BCUT2D eigenvalue weighted by Crippen LogP contribution is -2.50. The van der Waals surface area contributed by atoms with Crippen molar-refractivity contribution in [2.45, 2.75) is 82.8 Å². The van der Waals surface area contributed by atoms with Gasteiger partial charge in [0.25, 0.3) is 0 Å². The first kappa shape index (κ1) is 22.9. The summed E-state index contributed by atoms with van der Waals surface area (Å²) in [5.74, 6) is -0.440. The van der Waals surface area contributed by atoms with Gasteiger partial charge in [0.05, 0.1) is 0 Å². The van der Waals surface area contributed by atoms with Crippen molar-refractivity contribution < 1.29 is 23.9 Å². The number of carbonyl (C=O) groups is 3. The maximum absolute atomic E-state index is 13.4. The molecule has 178 valence electrons. The van der Waals surface area contributed by atoms with Gasteiger partial charge in [-0.2, -0.15) is 0 Å². The number of esters is 1. The molecule has 1 amide bonds. The van der Waals surface area contributed by atoms with Crippen LogP contribution in [-0.2, 0) is 24.5 Å². The van der Waals surface area contributed by atoms with Crippen LogP contribution in [0.5, 0.6) is 0 Å². The van der Waals surface area contributed by atoms with Crippen molar-refractivity contribution in [2.24, 2.45) is 10.8 Å².